The molecule has 26 heavy (non-hydrogen) atoms. The van der Waals surface area contributed by atoms with Crippen LogP contribution in [-0.2, 0) is 21.5 Å². The van der Waals surface area contributed by atoms with Crippen LogP contribution < -0.4 is 4.74 Å². The van der Waals surface area contributed by atoms with Gasteiger partial charge in [-0.05, 0) is 50.7 Å². The number of likely N-dealkylation sites (N-methyl/N-ethyl adjacent to an activating group) is 1. The van der Waals surface area contributed by atoms with Crippen molar-refractivity contribution in [3.05, 3.63) is 52.3 Å². The molecule has 1 aliphatic rings. The molecule has 0 spiro atoms. The minimum absolute atomic E-state index is 0.143. The second kappa shape index (κ2) is 8.53. The Hall–Kier alpha value is -2.09. The largest absolute Gasteiger partial charge is 0.481 e. The summed E-state index contributed by atoms with van der Waals surface area (Å²) in [5, 5.41) is 9.02. The molecule has 140 valence electrons. The summed E-state index contributed by atoms with van der Waals surface area (Å²) in [5.74, 6) is -1.97. The van der Waals surface area contributed by atoms with E-state index in [1.165, 1.54) is 6.08 Å². The van der Waals surface area contributed by atoms with E-state index in [2.05, 4.69) is 4.90 Å². The number of hydrogen-bond acceptors (Lipinski definition) is 5. The average molecular weight is 398 g/mol. The van der Waals surface area contributed by atoms with Crippen molar-refractivity contribution in [2.75, 3.05) is 20.6 Å². The van der Waals surface area contributed by atoms with Crippen LogP contribution in [-0.4, -0.2) is 49.9 Å². The summed E-state index contributed by atoms with van der Waals surface area (Å²) in [7, 11) is 1.23. The van der Waals surface area contributed by atoms with E-state index in [0.717, 1.165) is 18.5 Å². The number of hydrogen-bond donors (Lipinski definition) is 1. The van der Waals surface area contributed by atoms with E-state index in [0.29, 0.717) is 11.3 Å². The number of benzene rings is 1. The van der Waals surface area contributed by atoms with Gasteiger partial charge in [-0.25, -0.2) is 0 Å². The predicted octanol–water partition coefficient (Wildman–Crippen LogP) is 2.33. The molecule has 0 amide bonds. The first-order valence-electron chi connectivity index (χ1n) is 7.90. The third-order valence-electron chi connectivity index (χ3n) is 3.91. The summed E-state index contributed by atoms with van der Waals surface area (Å²) in [4.78, 5) is 13.0. The number of aliphatic carboxylic acids is 1. The lowest BCUT2D eigenvalue weighted by molar-refractivity contribution is -0.138. The average Bonchev–Trinajstić information content (AvgIpc) is 2.56. The van der Waals surface area contributed by atoms with E-state index in [1.54, 1.807) is 19.1 Å². The monoisotopic (exact) mass is 397 g/mol. The van der Waals surface area contributed by atoms with Gasteiger partial charge in [0, 0.05) is 6.54 Å². The Morgan fingerprint density at radius 2 is 1.88 bits per heavy atom. The van der Waals surface area contributed by atoms with E-state index < -0.39 is 27.0 Å². The van der Waals surface area contributed by atoms with Gasteiger partial charge in [-0.1, -0.05) is 29.8 Å². The minimum Gasteiger partial charge on any atom is -0.481 e. The summed E-state index contributed by atoms with van der Waals surface area (Å²) in [6.07, 6.45) is 2.21. The molecule has 1 aliphatic carbocycles. The van der Waals surface area contributed by atoms with Crippen molar-refractivity contribution >= 4 is 32.7 Å². The normalized spacial score (nSPS) is 17.3. The Morgan fingerprint density at radius 1 is 1.27 bits per heavy atom. The number of ether oxygens (including phenoxy) is 1. The predicted molar refractivity (Wildman–Crippen MR) is 101 cm³/mol. The quantitative estimate of drug-likeness (QED) is 0.742. The summed E-state index contributed by atoms with van der Waals surface area (Å²) in [5.41, 5.74) is 1.61. The molecular formula is C18H20ClNO5S. The third-order valence-corrected chi connectivity index (χ3v) is 5.21. The van der Waals surface area contributed by atoms with Crippen LogP contribution in [0.15, 0.2) is 46.7 Å². The van der Waals surface area contributed by atoms with E-state index in [4.69, 9.17) is 16.3 Å². The molecule has 0 saturated carbocycles. The number of nitrogens with zero attached hydrogens (tertiary/aromatic N) is 1. The summed E-state index contributed by atoms with van der Waals surface area (Å²) >= 11 is 6.16. The lowest BCUT2D eigenvalue weighted by Crippen LogP contribution is -2.28. The van der Waals surface area contributed by atoms with Crippen LogP contribution in [0.4, 0.5) is 0 Å². The molecule has 0 radical (unpaired) electrons. The van der Waals surface area contributed by atoms with Crippen molar-refractivity contribution in [3.63, 3.8) is 0 Å². The highest BCUT2D eigenvalue weighted by Crippen LogP contribution is 2.31. The molecule has 0 bridgehead atoms. The molecular weight excluding hydrogens is 378 g/mol. The van der Waals surface area contributed by atoms with E-state index in [1.807, 2.05) is 26.2 Å². The molecule has 2 rings (SSSR count). The maximum absolute atomic E-state index is 11.4. The summed E-state index contributed by atoms with van der Waals surface area (Å²) in [6.45, 7) is 2.55. The maximum Gasteiger partial charge on any atom is 0.316 e. The highest BCUT2D eigenvalue weighted by atomic mass is 35.5. The molecule has 0 aliphatic heterocycles. The SMILES string of the molecule is CC1=CC(C(=O)O)C(=S(=O)=O)C(Cl)=C1Oc1ccc(CCN(C)C)cc1. The topological polar surface area (TPSA) is 83.9 Å². The summed E-state index contributed by atoms with van der Waals surface area (Å²) in [6, 6.07) is 7.39. The number of halogens is 1. The van der Waals surface area contributed by atoms with Crippen LogP contribution in [0.25, 0.3) is 0 Å². The van der Waals surface area contributed by atoms with Crippen LogP contribution >= 0.6 is 11.6 Å². The van der Waals surface area contributed by atoms with Crippen molar-refractivity contribution < 1.29 is 23.1 Å². The van der Waals surface area contributed by atoms with Crippen molar-refractivity contribution in [1.29, 1.82) is 0 Å². The molecule has 1 N–H and O–H groups in total. The molecule has 1 atom stereocenters. The van der Waals surface area contributed by atoms with E-state index in [9.17, 15) is 18.3 Å². The Morgan fingerprint density at radius 3 is 2.38 bits per heavy atom. The fraction of sp³-hybridized carbons (Fsp3) is 0.333. The first-order chi connectivity index (χ1) is 12.2. The van der Waals surface area contributed by atoms with Crippen LogP contribution in [0.5, 0.6) is 5.75 Å². The third kappa shape index (κ3) is 4.75. The fourth-order valence-electron chi connectivity index (χ4n) is 2.50. The standard InChI is InChI=1S/C18H20ClNO5S/c1-11-10-14(18(21)22)17(26(23)24)15(19)16(11)25-13-6-4-12(5-7-13)8-9-20(2)3/h4-7,10,14H,8-9H2,1-3H3,(H,21,22). The molecule has 0 heterocycles. The zero-order valence-corrected chi connectivity index (χ0v) is 16.3. The Balaban J connectivity index is 2.29. The lowest BCUT2D eigenvalue weighted by atomic mass is 9.95. The van der Waals surface area contributed by atoms with Gasteiger partial charge in [-0.2, -0.15) is 8.42 Å². The van der Waals surface area contributed by atoms with Crippen molar-refractivity contribution in [2.45, 2.75) is 13.3 Å². The molecule has 1 aromatic carbocycles. The Labute approximate surface area is 158 Å². The van der Waals surface area contributed by atoms with E-state index >= 15 is 0 Å². The van der Waals surface area contributed by atoms with Crippen LogP contribution in [0.2, 0.25) is 0 Å². The molecule has 0 fully saturated rings. The highest BCUT2D eigenvalue weighted by molar-refractivity contribution is 7.73. The molecule has 8 heteroatoms. The molecule has 0 saturated heterocycles. The second-order valence-corrected chi connectivity index (χ2v) is 7.49. The molecule has 0 aromatic heterocycles. The van der Waals surface area contributed by atoms with Gasteiger partial charge in [-0.3, -0.25) is 4.79 Å². The molecule has 6 nitrogen and oxygen atoms in total. The number of carbonyl (C=O) groups is 1. The zero-order chi connectivity index (χ0) is 19.4. The van der Waals surface area contributed by atoms with Gasteiger partial charge >= 0.3 is 5.97 Å². The first-order valence-corrected chi connectivity index (χ1v) is 9.35. The smallest absolute Gasteiger partial charge is 0.316 e. The van der Waals surface area contributed by atoms with Gasteiger partial charge < -0.3 is 14.7 Å². The van der Waals surface area contributed by atoms with Crippen LogP contribution in [0.3, 0.4) is 0 Å². The first kappa shape index (κ1) is 20.2. The number of carboxylic acids is 1. The highest BCUT2D eigenvalue weighted by Gasteiger charge is 2.33. The van der Waals surface area contributed by atoms with Crippen LogP contribution in [0.1, 0.15) is 12.5 Å². The fourth-order valence-corrected chi connectivity index (χ4v) is 3.61. The van der Waals surface area contributed by atoms with Crippen molar-refractivity contribution in [3.8, 4) is 5.75 Å². The maximum atomic E-state index is 11.4. The second-order valence-electron chi connectivity index (χ2n) is 6.21. The number of rotatable bonds is 6. The van der Waals surface area contributed by atoms with E-state index in [-0.39, 0.29) is 10.8 Å². The number of allylic oxidation sites excluding steroid dienone is 2. The minimum atomic E-state index is -2.77. The van der Waals surface area contributed by atoms with Crippen molar-refractivity contribution in [2.24, 2.45) is 5.92 Å². The van der Waals surface area contributed by atoms with Gasteiger partial charge in [0.05, 0.1) is 0 Å². The van der Waals surface area contributed by atoms with Gasteiger partial charge in [0.2, 0.25) is 10.3 Å². The summed E-state index contributed by atoms with van der Waals surface area (Å²) < 4.78 is 28.6. The lowest BCUT2D eigenvalue weighted by Gasteiger charge is -2.21. The van der Waals surface area contributed by atoms with Crippen LogP contribution in [0, 0.1) is 5.92 Å². The molecule has 1 unspecified atom stereocenters. The van der Waals surface area contributed by atoms with Gasteiger partial charge in [0.25, 0.3) is 0 Å². The zero-order valence-electron chi connectivity index (χ0n) is 14.7. The van der Waals surface area contributed by atoms with Gasteiger partial charge in [-0.15, -0.1) is 0 Å². The van der Waals surface area contributed by atoms with Gasteiger partial charge in [0.1, 0.15) is 27.3 Å². The van der Waals surface area contributed by atoms with Gasteiger partial charge in [0.15, 0.2) is 0 Å². The Kier molecular flexibility index (Phi) is 6.63. The number of carboxylic acid groups (broad SMARTS) is 1. The Bertz CT molecular complexity index is 890. The molecule has 1 aromatic rings. The van der Waals surface area contributed by atoms with Crippen molar-refractivity contribution in [1.82, 2.24) is 4.90 Å².